The molecule has 34 N–H and O–H groups in total. The van der Waals surface area contributed by atoms with Gasteiger partial charge in [0.15, 0.2) is 11.9 Å². The normalized spacial score (nSPS) is 14.8. The van der Waals surface area contributed by atoms with Crippen LogP contribution in [0.15, 0.2) is 73.3 Å². The van der Waals surface area contributed by atoms with Crippen LogP contribution in [0.2, 0.25) is 0 Å². The molecule has 0 spiro atoms. The second-order valence-electron chi connectivity index (χ2n) is 35.0. The van der Waals surface area contributed by atoms with E-state index in [4.69, 9.17) is 51.0 Å². The molecule has 0 saturated carbocycles. The minimum Gasteiger partial charge on any atom is -0.370 e. The number of nitrogens with one attached hydrogen (secondary N) is 20. The highest BCUT2D eigenvalue weighted by Crippen LogP contribution is 2.22. The third-order valence-corrected chi connectivity index (χ3v) is 22.1. The van der Waals surface area contributed by atoms with Crippen LogP contribution in [0.1, 0.15) is 196 Å². The molecule has 132 heavy (non-hydrogen) atoms. The first kappa shape index (κ1) is 112. The van der Waals surface area contributed by atoms with E-state index in [1.165, 1.54) is 19.4 Å². The Kier molecular flexibility index (Phi) is 50.1. The Hall–Kier alpha value is -12.4. The number of hydrogen-bond acceptors (Lipinski definition) is 22. The summed E-state index contributed by atoms with van der Waals surface area (Å²) < 4.78 is 0. The van der Waals surface area contributed by atoms with Gasteiger partial charge in [0, 0.05) is 55.6 Å². The number of primary amides is 1. The van der Waals surface area contributed by atoms with E-state index in [1.54, 1.807) is 78.1 Å². The largest absolute Gasteiger partial charge is 0.370 e. The number of nitrogens with two attached hydrogens (primary N) is 7. The summed E-state index contributed by atoms with van der Waals surface area (Å²) in [7, 11) is 0. The van der Waals surface area contributed by atoms with Gasteiger partial charge in [-0.2, -0.15) is 0 Å². The maximum atomic E-state index is 15.1. The van der Waals surface area contributed by atoms with E-state index in [2.05, 4.69) is 100 Å². The molecule has 734 valence electrons. The van der Waals surface area contributed by atoms with Crippen molar-refractivity contribution in [2.24, 2.45) is 69.7 Å². The van der Waals surface area contributed by atoms with E-state index in [1.807, 2.05) is 52.0 Å². The van der Waals surface area contributed by atoms with E-state index in [9.17, 15) is 67.1 Å². The van der Waals surface area contributed by atoms with Gasteiger partial charge in [0.25, 0.3) is 0 Å². The number of aromatic amines is 2. The molecule has 0 aliphatic rings. The third kappa shape index (κ3) is 40.5. The number of nitrogens with zero attached hydrogens (tertiary/aromatic N) is 1. The van der Waals surface area contributed by atoms with Crippen LogP contribution in [0.4, 0.5) is 0 Å². The second-order valence-corrected chi connectivity index (χ2v) is 35.0. The lowest BCUT2D eigenvalue weighted by atomic mass is 9.97. The number of para-hydroxylation sites is 1. The fraction of sp³-hybridized carbons (Fsp3) is 0.618. The van der Waals surface area contributed by atoms with Crippen molar-refractivity contribution < 1.29 is 71.9 Å². The summed E-state index contributed by atoms with van der Waals surface area (Å²) in [5.41, 5.74) is 43.0. The van der Waals surface area contributed by atoms with Gasteiger partial charge < -0.3 is 135 Å². The number of fused-ring (bicyclic) bond motifs is 1. The smallest absolute Gasteiger partial charge is 0.243 e. The summed E-state index contributed by atoms with van der Waals surface area (Å²) in [6.07, 6.45) is 7.78. The lowest BCUT2D eigenvalue weighted by molar-refractivity contribution is -0.136. The number of carbonyl (C=O) groups excluding carboxylic acids is 15. The number of H-pyrrole nitrogens is 2. The van der Waals surface area contributed by atoms with Crippen LogP contribution >= 0.6 is 0 Å². The van der Waals surface area contributed by atoms with Crippen molar-refractivity contribution in [3.63, 3.8) is 0 Å². The Labute approximate surface area is 772 Å². The highest BCUT2D eigenvalue weighted by Gasteiger charge is 2.40. The van der Waals surface area contributed by atoms with Crippen molar-refractivity contribution in [1.29, 1.82) is 10.8 Å². The number of aromatic nitrogens is 3. The molecule has 2 aromatic heterocycles. The first-order chi connectivity index (χ1) is 62.6. The minimum absolute atomic E-state index is 0.000279. The molecule has 0 saturated heterocycles. The van der Waals surface area contributed by atoms with Crippen molar-refractivity contribution in [2.75, 3.05) is 39.3 Å². The van der Waals surface area contributed by atoms with Crippen LogP contribution in [0.3, 0.4) is 0 Å². The number of benzene rings is 2. The number of amides is 15. The molecule has 0 unspecified atom stereocenters. The van der Waals surface area contributed by atoms with E-state index in [-0.39, 0.29) is 127 Å². The molecule has 0 bridgehead atoms. The standard InChI is InChI=1S/C89H148N28O15/c1-12-53(10)73(85(130)103-47-70(118)105-54(11)75(120)115-71(51(6)7)87(132)114-69(44-57-46-99-48-104-57)84(129)109-64(34-25-39-101-89(97)98)79(124)116-72(52(8)9)86(131)110-65(74(94)119)40-49(2)3)117-80(125)62(32-20-23-37-92)106-77(122)63(33-24-38-100-88(95)96)108-82(127)67(42-55-26-14-13-15-27-55)113-81(126)66(41-50(4)5)112-78(123)61(31-19-22-36-91)107-83(128)68(111-76(121)59(93)29-18-21-35-90)43-56-45-102-60-30-17-16-28-58(56)60/h13-17,26-28,30,45-46,48-54,59,61-69,71-73,102H,12,18-25,29,31-44,47,90-93H2,1-11H3,(H2,94,119)(H,99,104)(H,103,130)(H,105,118)(H,106,122)(H,107,128)(H,108,127)(H,109,129)(H,110,131)(H,111,121)(H,112,123)(H,113,126)(H,114,132)(H,115,120)(H,116,124)(H,117,125)(H4,95,96,100)(H4,97,98,101)/t53-,54-,59-,61-,62-,63-,64-,65-,66-,67-,68-,69-,71-,72-,73-/m0/s1. The van der Waals surface area contributed by atoms with Crippen molar-refractivity contribution in [3.05, 3.63) is 90.1 Å². The van der Waals surface area contributed by atoms with Crippen LogP contribution in [0, 0.1) is 40.4 Å². The fourth-order valence-electron chi connectivity index (χ4n) is 14.4. The van der Waals surface area contributed by atoms with Gasteiger partial charge in [-0.3, -0.25) is 82.7 Å². The molecule has 0 aliphatic carbocycles. The summed E-state index contributed by atoms with van der Waals surface area (Å²) in [5, 5.41) is 59.5. The van der Waals surface area contributed by atoms with Crippen LogP contribution in [0.5, 0.6) is 0 Å². The van der Waals surface area contributed by atoms with Gasteiger partial charge in [-0.25, -0.2) is 4.98 Å². The van der Waals surface area contributed by atoms with Crippen molar-refractivity contribution in [3.8, 4) is 0 Å². The molecule has 4 rings (SSSR count). The van der Waals surface area contributed by atoms with Gasteiger partial charge in [0.2, 0.25) is 88.6 Å². The molecule has 2 aromatic carbocycles. The predicted octanol–water partition coefficient (Wildman–Crippen LogP) is -2.47. The molecule has 43 nitrogen and oxygen atoms in total. The molecule has 2 heterocycles. The Bertz CT molecular complexity index is 4380. The summed E-state index contributed by atoms with van der Waals surface area (Å²) in [6.45, 7) is 18.8. The lowest BCUT2D eigenvalue weighted by Gasteiger charge is -2.29. The number of rotatable bonds is 63. The zero-order chi connectivity index (χ0) is 98.3. The van der Waals surface area contributed by atoms with Gasteiger partial charge >= 0.3 is 0 Å². The van der Waals surface area contributed by atoms with Gasteiger partial charge in [-0.1, -0.05) is 131 Å². The highest BCUT2D eigenvalue weighted by molar-refractivity contribution is 6.01. The van der Waals surface area contributed by atoms with E-state index < -0.39 is 197 Å². The molecule has 43 heteroatoms. The Morgan fingerprint density at radius 3 is 1.27 bits per heavy atom. The first-order valence-corrected chi connectivity index (χ1v) is 45.7. The number of hydrogen-bond donors (Lipinski definition) is 27. The zero-order valence-corrected chi connectivity index (χ0v) is 78.2. The molecule has 4 aromatic rings. The molecular formula is C89H148N28O15. The molecular weight excluding hydrogens is 1700 g/mol. The first-order valence-electron chi connectivity index (χ1n) is 45.7. The van der Waals surface area contributed by atoms with E-state index in [0.29, 0.717) is 68.3 Å². The summed E-state index contributed by atoms with van der Waals surface area (Å²) in [4.78, 5) is 225. The molecule has 15 atom stereocenters. The van der Waals surface area contributed by atoms with Crippen LogP contribution in [-0.4, -0.2) is 239 Å². The average molecular weight is 1850 g/mol. The fourth-order valence-corrected chi connectivity index (χ4v) is 14.4. The summed E-state index contributed by atoms with van der Waals surface area (Å²) >= 11 is 0. The molecule has 0 fully saturated rings. The molecule has 15 amide bonds. The summed E-state index contributed by atoms with van der Waals surface area (Å²) in [6, 6.07) is -2.26. The number of imidazole rings is 1. The molecule has 0 radical (unpaired) electrons. The monoisotopic (exact) mass is 1850 g/mol. The topological polar surface area (TPSA) is 723 Å². The maximum absolute atomic E-state index is 15.1. The van der Waals surface area contributed by atoms with E-state index in [0.717, 1.165) is 10.9 Å². The number of carbonyl (C=O) groups is 15. The van der Waals surface area contributed by atoms with Gasteiger partial charge in [0.05, 0.1) is 24.6 Å². The third-order valence-electron chi connectivity index (χ3n) is 22.1. The Morgan fingerprint density at radius 1 is 0.394 bits per heavy atom. The SMILES string of the molecule is CC[C@H](C)[C@H](NC(=O)[C@H](CCCCN)NC(=O)[C@H](CCCNC(=N)N)NC(=O)[C@H](Cc1ccccc1)NC(=O)[C@H](CC(C)C)NC(=O)[C@H](CCCCN)NC(=O)[C@H](Cc1c[nH]c2ccccc12)NC(=O)[C@@H](N)CCCCN)C(=O)NCC(=O)N[C@@H](C)C(=O)N[C@H](C(=O)N[C@@H](Cc1c[nH]cn1)C(=O)N[C@@H](CCCNC(=N)N)C(=O)N[C@H](C(=O)N[C@@H](CC(C)C)C(N)=O)C(C)C)C(C)C. The quantitative estimate of drug-likeness (QED) is 0.0124. The number of guanidine groups is 2. The Balaban J connectivity index is 1.56. The summed E-state index contributed by atoms with van der Waals surface area (Å²) in [5.74, 6) is -14.9. The second kappa shape index (κ2) is 59.1. The van der Waals surface area contributed by atoms with Gasteiger partial charge in [-0.05, 0) is 163 Å². The minimum atomic E-state index is -1.46. The van der Waals surface area contributed by atoms with Crippen molar-refractivity contribution in [2.45, 2.75) is 283 Å². The predicted molar refractivity (Wildman–Crippen MR) is 500 cm³/mol. The highest BCUT2D eigenvalue weighted by atomic mass is 16.2. The Morgan fingerprint density at radius 2 is 0.795 bits per heavy atom. The van der Waals surface area contributed by atoms with Crippen molar-refractivity contribution >= 4 is 111 Å². The van der Waals surface area contributed by atoms with E-state index >= 15 is 4.79 Å². The van der Waals surface area contributed by atoms with Gasteiger partial charge in [0.1, 0.15) is 78.5 Å². The van der Waals surface area contributed by atoms with Crippen LogP contribution in [0.25, 0.3) is 10.9 Å². The van der Waals surface area contributed by atoms with Crippen LogP contribution < -0.4 is 125 Å². The van der Waals surface area contributed by atoms with Crippen molar-refractivity contribution in [1.82, 2.24) is 100 Å². The maximum Gasteiger partial charge on any atom is 0.243 e. The zero-order valence-electron chi connectivity index (χ0n) is 78.2. The van der Waals surface area contributed by atoms with Crippen LogP contribution in [-0.2, 0) is 91.2 Å². The average Bonchev–Trinajstić information content (AvgIpc) is 1.66. The lowest BCUT2D eigenvalue weighted by Crippen LogP contribution is -2.61. The molecule has 0 aliphatic heterocycles. The van der Waals surface area contributed by atoms with Gasteiger partial charge in [-0.15, -0.1) is 0 Å². The number of unbranched alkanes of at least 4 members (excludes halogenated alkanes) is 3.